The molecule has 0 atom stereocenters. The van der Waals surface area contributed by atoms with E-state index in [0.29, 0.717) is 16.9 Å². The van der Waals surface area contributed by atoms with E-state index in [-0.39, 0.29) is 18.5 Å². The van der Waals surface area contributed by atoms with Crippen molar-refractivity contribution < 1.29 is 18.0 Å². The van der Waals surface area contributed by atoms with E-state index in [1.54, 1.807) is 54.6 Å². The average molecular weight is 430 g/mol. The second kappa shape index (κ2) is 9.75. The first-order chi connectivity index (χ1) is 14.3. The van der Waals surface area contributed by atoms with Gasteiger partial charge in [0.1, 0.15) is 6.54 Å². The van der Waals surface area contributed by atoms with Crippen molar-refractivity contribution in [2.24, 2.45) is 0 Å². The summed E-state index contributed by atoms with van der Waals surface area (Å²) < 4.78 is 25.4. The molecule has 2 aromatic carbocycles. The standard InChI is InChI=1S/C22H27N3O4S/c1-30(28,29)25(18-12-6-3-7-13-18)16-21(26)24-20-15-9-8-14-19(20)22(27)23-17-10-4-2-5-11-17/h3,6-9,12-15,17H,2,4-5,10-11,16H2,1H3,(H,23,27)(H,24,26). The lowest BCUT2D eigenvalue weighted by Crippen LogP contribution is -2.38. The molecule has 0 aromatic heterocycles. The number of rotatable bonds is 7. The number of hydrogen-bond acceptors (Lipinski definition) is 4. The SMILES string of the molecule is CS(=O)(=O)N(CC(=O)Nc1ccccc1C(=O)NC1CCCCC1)c1ccccc1. The minimum absolute atomic E-state index is 0.147. The number of sulfonamides is 1. The van der Waals surface area contributed by atoms with Crippen LogP contribution in [-0.4, -0.2) is 39.1 Å². The predicted molar refractivity (Wildman–Crippen MR) is 118 cm³/mol. The molecule has 1 fully saturated rings. The van der Waals surface area contributed by atoms with Crippen LogP contribution < -0.4 is 14.9 Å². The number of para-hydroxylation sites is 2. The van der Waals surface area contributed by atoms with Gasteiger partial charge < -0.3 is 10.6 Å². The van der Waals surface area contributed by atoms with Crippen molar-refractivity contribution in [3.05, 3.63) is 60.2 Å². The highest BCUT2D eigenvalue weighted by atomic mass is 32.2. The zero-order chi connectivity index (χ0) is 21.6. The molecule has 1 aliphatic carbocycles. The largest absolute Gasteiger partial charge is 0.349 e. The van der Waals surface area contributed by atoms with Crippen LogP contribution in [0.5, 0.6) is 0 Å². The minimum atomic E-state index is -3.66. The zero-order valence-electron chi connectivity index (χ0n) is 17.0. The van der Waals surface area contributed by atoms with Crippen LogP contribution >= 0.6 is 0 Å². The lowest BCUT2D eigenvalue weighted by atomic mass is 9.95. The number of nitrogens with zero attached hydrogens (tertiary/aromatic N) is 1. The average Bonchev–Trinajstić information content (AvgIpc) is 2.73. The Kier molecular flexibility index (Phi) is 7.10. The Labute approximate surface area is 177 Å². The number of benzene rings is 2. The fourth-order valence-electron chi connectivity index (χ4n) is 3.61. The maximum atomic E-state index is 12.7. The normalized spacial score (nSPS) is 14.7. The van der Waals surface area contributed by atoms with Crippen LogP contribution in [0.1, 0.15) is 42.5 Å². The number of carbonyl (C=O) groups is 2. The van der Waals surface area contributed by atoms with Gasteiger partial charge in [0.2, 0.25) is 15.9 Å². The lowest BCUT2D eigenvalue weighted by molar-refractivity contribution is -0.114. The van der Waals surface area contributed by atoms with Crippen LogP contribution in [0, 0.1) is 0 Å². The lowest BCUT2D eigenvalue weighted by Gasteiger charge is -2.24. The van der Waals surface area contributed by atoms with Crippen molar-refractivity contribution in [3.63, 3.8) is 0 Å². The van der Waals surface area contributed by atoms with Crippen molar-refractivity contribution in [1.29, 1.82) is 0 Å². The highest BCUT2D eigenvalue weighted by molar-refractivity contribution is 7.92. The van der Waals surface area contributed by atoms with Crippen LogP contribution in [0.25, 0.3) is 0 Å². The topological polar surface area (TPSA) is 95.6 Å². The van der Waals surface area contributed by atoms with E-state index in [1.807, 2.05) is 0 Å². The van der Waals surface area contributed by atoms with Crippen LogP contribution in [-0.2, 0) is 14.8 Å². The predicted octanol–water partition coefficient (Wildman–Crippen LogP) is 3.15. The fourth-order valence-corrected chi connectivity index (χ4v) is 4.47. The Hall–Kier alpha value is -2.87. The third-order valence-corrected chi connectivity index (χ3v) is 6.26. The van der Waals surface area contributed by atoms with E-state index in [9.17, 15) is 18.0 Å². The van der Waals surface area contributed by atoms with Gasteiger partial charge in [-0.05, 0) is 37.1 Å². The zero-order valence-corrected chi connectivity index (χ0v) is 17.8. The molecule has 160 valence electrons. The maximum absolute atomic E-state index is 12.7. The first-order valence-corrected chi connectivity index (χ1v) is 11.9. The number of hydrogen-bond donors (Lipinski definition) is 2. The highest BCUT2D eigenvalue weighted by Crippen LogP contribution is 2.21. The minimum Gasteiger partial charge on any atom is -0.349 e. The molecule has 7 nitrogen and oxygen atoms in total. The molecule has 1 aliphatic rings. The Morgan fingerprint density at radius 1 is 0.967 bits per heavy atom. The molecule has 2 N–H and O–H groups in total. The van der Waals surface area contributed by atoms with Crippen LogP contribution in [0.2, 0.25) is 0 Å². The summed E-state index contributed by atoms with van der Waals surface area (Å²) in [5, 5.41) is 5.74. The molecular weight excluding hydrogens is 402 g/mol. The van der Waals surface area contributed by atoms with Gasteiger partial charge in [-0.1, -0.05) is 49.6 Å². The quantitative estimate of drug-likeness (QED) is 0.707. The smallest absolute Gasteiger partial charge is 0.253 e. The Morgan fingerprint density at radius 3 is 2.27 bits per heavy atom. The van der Waals surface area contributed by atoms with E-state index in [2.05, 4.69) is 10.6 Å². The molecule has 8 heteroatoms. The first-order valence-electron chi connectivity index (χ1n) is 10.1. The molecule has 0 unspecified atom stereocenters. The maximum Gasteiger partial charge on any atom is 0.253 e. The first kappa shape index (κ1) is 21.8. The van der Waals surface area contributed by atoms with Crippen LogP contribution in [0.15, 0.2) is 54.6 Å². The van der Waals surface area contributed by atoms with Crippen molar-refractivity contribution in [3.8, 4) is 0 Å². The highest BCUT2D eigenvalue weighted by Gasteiger charge is 2.23. The number of nitrogens with one attached hydrogen (secondary N) is 2. The van der Waals surface area contributed by atoms with Gasteiger partial charge in [-0.25, -0.2) is 8.42 Å². The summed E-state index contributed by atoms with van der Waals surface area (Å²) in [4.78, 5) is 25.4. The number of anilines is 2. The summed E-state index contributed by atoms with van der Waals surface area (Å²) >= 11 is 0. The van der Waals surface area contributed by atoms with Crippen molar-refractivity contribution >= 4 is 33.2 Å². The summed E-state index contributed by atoms with van der Waals surface area (Å²) in [6.07, 6.45) is 6.37. The summed E-state index contributed by atoms with van der Waals surface area (Å²) in [5.41, 5.74) is 1.12. The molecule has 0 radical (unpaired) electrons. The van der Waals surface area contributed by atoms with E-state index >= 15 is 0 Å². The third-order valence-electron chi connectivity index (χ3n) is 5.12. The number of amides is 2. The summed E-state index contributed by atoms with van der Waals surface area (Å²) in [6, 6.07) is 15.3. The van der Waals surface area contributed by atoms with Gasteiger partial charge in [0, 0.05) is 6.04 Å². The molecule has 0 bridgehead atoms. The van der Waals surface area contributed by atoms with E-state index in [0.717, 1.165) is 36.2 Å². The molecule has 0 spiro atoms. The van der Waals surface area contributed by atoms with Crippen molar-refractivity contribution in [2.45, 2.75) is 38.1 Å². The van der Waals surface area contributed by atoms with Crippen LogP contribution in [0.4, 0.5) is 11.4 Å². The van der Waals surface area contributed by atoms with Gasteiger partial charge in [-0.3, -0.25) is 13.9 Å². The second-order valence-corrected chi connectivity index (χ2v) is 9.41. The van der Waals surface area contributed by atoms with Crippen molar-refractivity contribution in [1.82, 2.24) is 5.32 Å². The molecule has 0 aliphatic heterocycles. The van der Waals surface area contributed by atoms with Crippen LogP contribution in [0.3, 0.4) is 0 Å². The molecule has 1 saturated carbocycles. The summed E-state index contributed by atoms with van der Waals surface area (Å²) in [5.74, 6) is -0.761. The molecule has 30 heavy (non-hydrogen) atoms. The van der Waals surface area contributed by atoms with Gasteiger partial charge in [-0.2, -0.15) is 0 Å². The van der Waals surface area contributed by atoms with Gasteiger partial charge in [0.05, 0.1) is 23.2 Å². The second-order valence-electron chi connectivity index (χ2n) is 7.51. The van der Waals surface area contributed by atoms with Gasteiger partial charge in [0.25, 0.3) is 5.91 Å². The summed E-state index contributed by atoms with van der Waals surface area (Å²) in [7, 11) is -3.66. The van der Waals surface area contributed by atoms with E-state index < -0.39 is 15.9 Å². The molecule has 0 heterocycles. The Balaban J connectivity index is 1.72. The number of carbonyl (C=O) groups excluding carboxylic acids is 2. The van der Waals surface area contributed by atoms with E-state index in [1.165, 1.54) is 6.42 Å². The van der Waals surface area contributed by atoms with E-state index in [4.69, 9.17) is 0 Å². The Bertz CT molecular complexity index is 986. The molecule has 2 amide bonds. The van der Waals surface area contributed by atoms with Gasteiger partial charge >= 0.3 is 0 Å². The Morgan fingerprint density at radius 2 is 1.60 bits per heavy atom. The molecule has 3 rings (SSSR count). The van der Waals surface area contributed by atoms with Gasteiger partial charge in [0.15, 0.2) is 0 Å². The summed E-state index contributed by atoms with van der Waals surface area (Å²) in [6.45, 7) is -0.387. The third kappa shape index (κ3) is 5.82. The van der Waals surface area contributed by atoms with Crippen molar-refractivity contribution in [2.75, 3.05) is 22.4 Å². The fraction of sp³-hybridized carbons (Fsp3) is 0.364. The molecule has 0 saturated heterocycles. The molecule has 2 aromatic rings. The van der Waals surface area contributed by atoms with Gasteiger partial charge in [-0.15, -0.1) is 0 Å². The molecular formula is C22H27N3O4S. The monoisotopic (exact) mass is 429 g/mol.